The number of carboxylic acid groups (broad SMARTS) is 2. The molecule has 8 nitrogen and oxygen atoms in total. The third-order valence-corrected chi connectivity index (χ3v) is 7.90. The Morgan fingerprint density at radius 2 is 1.40 bits per heavy atom. The highest BCUT2D eigenvalue weighted by atomic mass is 16.4. The topological polar surface area (TPSA) is 132 Å². The zero-order valence-electron chi connectivity index (χ0n) is 23.5. The van der Waals surface area contributed by atoms with Crippen LogP contribution in [0.1, 0.15) is 85.9 Å². The van der Waals surface area contributed by atoms with Crippen molar-refractivity contribution in [2.45, 2.75) is 66.7 Å². The van der Waals surface area contributed by atoms with Crippen LogP contribution in [0.4, 0.5) is 0 Å². The summed E-state index contributed by atoms with van der Waals surface area (Å²) in [4.78, 5) is 40.5. The van der Waals surface area contributed by atoms with Gasteiger partial charge in [0.1, 0.15) is 0 Å². The first-order valence-electron chi connectivity index (χ1n) is 13.7. The van der Waals surface area contributed by atoms with E-state index in [0.29, 0.717) is 22.5 Å². The lowest BCUT2D eigenvalue weighted by Gasteiger charge is -2.06. The molecule has 5 heterocycles. The number of aromatic amines is 2. The van der Waals surface area contributed by atoms with Gasteiger partial charge in [0, 0.05) is 28.5 Å². The van der Waals surface area contributed by atoms with Crippen LogP contribution in [0.3, 0.4) is 0 Å². The van der Waals surface area contributed by atoms with E-state index in [1.165, 1.54) is 0 Å². The van der Waals surface area contributed by atoms with E-state index in [-0.39, 0.29) is 19.3 Å². The SMILES string of the molecule is CCC1=C(C)c2cc3[nH]c(cc3C)cc3[nH]c(cc4nc(cc1n2)C(CCC(=O)O)=C4CC(=O)O)c(CC)c3C. The van der Waals surface area contributed by atoms with E-state index in [4.69, 9.17) is 9.97 Å². The highest BCUT2D eigenvalue weighted by molar-refractivity contribution is 6.00. The molecule has 4 N–H and O–H groups in total. The van der Waals surface area contributed by atoms with Crippen LogP contribution < -0.4 is 0 Å². The number of aryl methyl sites for hydroxylation is 3. The van der Waals surface area contributed by atoms with Gasteiger partial charge in [-0.1, -0.05) is 13.8 Å². The van der Waals surface area contributed by atoms with Gasteiger partial charge in [-0.05, 0) is 109 Å². The van der Waals surface area contributed by atoms with Crippen molar-refractivity contribution in [1.29, 1.82) is 0 Å². The van der Waals surface area contributed by atoms with Crippen molar-refractivity contribution < 1.29 is 19.8 Å². The van der Waals surface area contributed by atoms with Gasteiger partial charge in [0.05, 0.1) is 29.2 Å². The molecule has 2 aliphatic rings. The Bertz CT molecular complexity index is 1790. The number of carbonyl (C=O) groups is 2. The Kier molecular flexibility index (Phi) is 7.19. The van der Waals surface area contributed by atoms with Crippen molar-refractivity contribution >= 4 is 56.3 Å². The quantitative estimate of drug-likeness (QED) is 0.254. The second kappa shape index (κ2) is 10.6. The number of fused-ring (bicyclic) bond motifs is 8. The number of hydrogen-bond donors (Lipinski definition) is 4. The summed E-state index contributed by atoms with van der Waals surface area (Å²) in [7, 11) is 0. The highest BCUT2D eigenvalue weighted by Gasteiger charge is 2.24. The van der Waals surface area contributed by atoms with Gasteiger partial charge in [0.15, 0.2) is 0 Å². The number of aromatic nitrogens is 4. The van der Waals surface area contributed by atoms with Crippen LogP contribution in [0.15, 0.2) is 30.3 Å². The molecule has 0 aromatic carbocycles. The molecule has 0 unspecified atom stereocenters. The maximum absolute atomic E-state index is 12.0. The number of nitrogens with zero attached hydrogens (tertiary/aromatic N) is 2. The van der Waals surface area contributed by atoms with Crippen LogP contribution in [0.5, 0.6) is 0 Å². The molecule has 3 aromatic heterocycles. The smallest absolute Gasteiger partial charge is 0.307 e. The fraction of sp³-hybridized carbons (Fsp3) is 0.312. The molecular formula is C32H34N4O4. The van der Waals surface area contributed by atoms with Crippen LogP contribution in [-0.4, -0.2) is 42.1 Å². The fourth-order valence-electron chi connectivity index (χ4n) is 5.80. The molecule has 0 fully saturated rings. The number of hydrogen-bond acceptors (Lipinski definition) is 4. The van der Waals surface area contributed by atoms with Crippen LogP contribution >= 0.6 is 0 Å². The molecule has 3 aromatic rings. The molecule has 0 spiro atoms. The number of rotatable bonds is 7. The fourth-order valence-corrected chi connectivity index (χ4v) is 5.80. The lowest BCUT2D eigenvalue weighted by molar-refractivity contribution is -0.137. The first-order valence-corrected chi connectivity index (χ1v) is 13.7. The molecule has 0 radical (unpaired) electrons. The van der Waals surface area contributed by atoms with Gasteiger partial charge in [-0.3, -0.25) is 9.59 Å². The molecule has 0 amide bonds. The Hall–Kier alpha value is -4.46. The van der Waals surface area contributed by atoms with Gasteiger partial charge in [-0.2, -0.15) is 0 Å². The summed E-state index contributed by atoms with van der Waals surface area (Å²) < 4.78 is 0. The molecule has 5 rings (SSSR count). The lowest BCUT2D eigenvalue weighted by Crippen LogP contribution is -1.99. The average molecular weight is 539 g/mol. The normalized spacial score (nSPS) is 13.3. The molecule has 0 saturated heterocycles. The van der Waals surface area contributed by atoms with Gasteiger partial charge < -0.3 is 20.2 Å². The summed E-state index contributed by atoms with van der Waals surface area (Å²) >= 11 is 0. The van der Waals surface area contributed by atoms with Crippen LogP contribution in [0.2, 0.25) is 0 Å². The third kappa shape index (κ3) is 4.97. The summed E-state index contributed by atoms with van der Waals surface area (Å²) in [5.74, 6) is -1.94. The second-order valence-corrected chi connectivity index (χ2v) is 10.5. The third-order valence-electron chi connectivity index (χ3n) is 7.90. The summed E-state index contributed by atoms with van der Waals surface area (Å²) in [5.41, 5.74) is 13.2. The first kappa shape index (κ1) is 27.1. The van der Waals surface area contributed by atoms with Gasteiger partial charge in [0.2, 0.25) is 0 Å². The molecule has 0 aliphatic carbocycles. The number of nitrogens with one attached hydrogen (secondary N) is 2. The molecule has 40 heavy (non-hydrogen) atoms. The highest BCUT2D eigenvalue weighted by Crippen LogP contribution is 2.38. The average Bonchev–Trinajstić information content (AvgIpc) is 3.57. The maximum Gasteiger partial charge on any atom is 0.307 e. The molecule has 0 atom stereocenters. The number of H-pyrrole nitrogens is 2. The minimum atomic E-state index is -0.991. The van der Waals surface area contributed by atoms with Gasteiger partial charge in [-0.15, -0.1) is 0 Å². The summed E-state index contributed by atoms with van der Waals surface area (Å²) in [6, 6.07) is 10.1. The predicted octanol–water partition coefficient (Wildman–Crippen LogP) is 7.09. The summed E-state index contributed by atoms with van der Waals surface area (Å²) in [6.07, 6.45) is 1.35. The van der Waals surface area contributed by atoms with Crippen molar-refractivity contribution in [1.82, 2.24) is 19.9 Å². The lowest BCUT2D eigenvalue weighted by atomic mass is 9.96. The Morgan fingerprint density at radius 1 is 0.725 bits per heavy atom. The molecule has 2 aliphatic heterocycles. The second-order valence-electron chi connectivity index (χ2n) is 10.5. The molecule has 8 heteroatoms. The van der Waals surface area contributed by atoms with Crippen molar-refractivity contribution in [2.24, 2.45) is 0 Å². The van der Waals surface area contributed by atoms with Crippen LogP contribution in [-0.2, 0) is 16.0 Å². The van der Waals surface area contributed by atoms with E-state index in [1.807, 2.05) is 12.1 Å². The summed E-state index contributed by atoms with van der Waals surface area (Å²) in [5, 5.41) is 19.3. The Labute approximate surface area is 232 Å². The maximum atomic E-state index is 12.0. The number of allylic oxidation sites excluding steroid dienone is 3. The Morgan fingerprint density at radius 3 is 2.08 bits per heavy atom. The van der Waals surface area contributed by atoms with Crippen molar-refractivity contribution in [2.75, 3.05) is 0 Å². The van der Waals surface area contributed by atoms with E-state index in [1.54, 1.807) is 0 Å². The monoisotopic (exact) mass is 538 g/mol. The first-order chi connectivity index (χ1) is 19.1. The Balaban J connectivity index is 1.94. The van der Waals surface area contributed by atoms with E-state index >= 15 is 0 Å². The summed E-state index contributed by atoms with van der Waals surface area (Å²) in [6.45, 7) is 10.4. The predicted molar refractivity (Wildman–Crippen MR) is 159 cm³/mol. The standard InChI is InChI=1S/C32H34N4O4/c1-6-20-17(4)25-11-19-10-16(3)24(33-19)13-26-18(5)21(7-2)27(35-26)14-29-22(8-9-31(37)38)23(12-32(39)40)30(36-29)15-28(20)34-25/h10-11,13-15,33-34H,6-9,12H2,1-5H3,(H,37,38)(H,39,40). The molecule has 8 bridgehead atoms. The van der Waals surface area contributed by atoms with E-state index in [9.17, 15) is 19.8 Å². The van der Waals surface area contributed by atoms with Crippen molar-refractivity contribution in [3.05, 3.63) is 69.8 Å². The van der Waals surface area contributed by atoms with Gasteiger partial charge in [-0.25, -0.2) is 9.97 Å². The van der Waals surface area contributed by atoms with Crippen LogP contribution in [0.25, 0.3) is 44.4 Å². The van der Waals surface area contributed by atoms with E-state index < -0.39 is 11.9 Å². The van der Waals surface area contributed by atoms with Crippen molar-refractivity contribution in [3.8, 4) is 0 Å². The zero-order valence-corrected chi connectivity index (χ0v) is 23.5. The molecule has 206 valence electrons. The minimum absolute atomic E-state index is 0.124. The number of carboxylic acids is 2. The molecular weight excluding hydrogens is 504 g/mol. The molecule has 0 saturated carbocycles. The van der Waals surface area contributed by atoms with Crippen LogP contribution in [0, 0.1) is 13.8 Å². The number of aliphatic carboxylic acids is 2. The minimum Gasteiger partial charge on any atom is -0.481 e. The van der Waals surface area contributed by atoms with E-state index in [0.717, 1.165) is 74.1 Å². The van der Waals surface area contributed by atoms with Gasteiger partial charge >= 0.3 is 11.9 Å². The zero-order chi connectivity index (χ0) is 28.7. The van der Waals surface area contributed by atoms with Gasteiger partial charge in [0.25, 0.3) is 0 Å². The van der Waals surface area contributed by atoms with Crippen molar-refractivity contribution in [3.63, 3.8) is 0 Å². The van der Waals surface area contributed by atoms with E-state index in [2.05, 4.69) is 62.8 Å². The largest absolute Gasteiger partial charge is 0.481 e.